The minimum absolute atomic E-state index is 0.134. The van der Waals surface area contributed by atoms with E-state index >= 15 is 0 Å². The van der Waals surface area contributed by atoms with Crippen molar-refractivity contribution in [3.63, 3.8) is 0 Å². The topological polar surface area (TPSA) is 81.5 Å². The Balaban J connectivity index is 3.11. The molecule has 0 bridgehead atoms. The van der Waals surface area contributed by atoms with Crippen LogP contribution >= 0.6 is 0 Å². The highest BCUT2D eigenvalue weighted by Gasteiger charge is 2.17. The van der Waals surface area contributed by atoms with Crippen molar-refractivity contribution in [2.24, 2.45) is 10.7 Å². The quantitative estimate of drug-likeness (QED) is 0.495. The molecule has 0 aliphatic rings. The van der Waals surface area contributed by atoms with Gasteiger partial charge in [0.05, 0.1) is 16.3 Å². The highest BCUT2D eigenvalue weighted by atomic mass is 16.6. The van der Waals surface area contributed by atoms with Crippen LogP contribution in [0.25, 0.3) is 0 Å². The fraction of sp³-hybridized carbons (Fsp3) is 0.250. The maximum absolute atomic E-state index is 10.8. The van der Waals surface area contributed by atoms with E-state index in [9.17, 15) is 10.1 Å². The second kappa shape index (κ2) is 5.25. The molecule has 2 N–H and O–H groups in total. The van der Waals surface area contributed by atoms with Crippen LogP contribution in [0, 0.1) is 17.0 Å². The predicted molar refractivity (Wildman–Crippen MR) is 67.8 cm³/mol. The molecule has 1 aromatic carbocycles. The first-order valence-corrected chi connectivity index (χ1v) is 5.15. The van der Waals surface area contributed by atoms with Crippen LogP contribution in [-0.4, -0.2) is 10.6 Å². The lowest BCUT2D eigenvalue weighted by atomic mass is 10.2. The monoisotopic (exact) mass is 233 g/mol. The average Bonchev–Trinajstić information content (AvgIpc) is 2.20. The van der Waals surface area contributed by atoms with Crippen molar-refractivity contribution in [3.05, 3.63) is 51.3 Å². The molecule has 1 aromatic rings. The van der Waals surface area contributed by atoms with E-state index in [0.29, 0.717) is 11.4 Å². The first-order chi connectivity index (χ1) is 7.91. The third-order valence-electron chi connectivity index (χ3n) is 2.23. The molecule has 90 valence electrons. The summed E-state index contributed by atoms with van der Waals surface area (Å²) in [6.07, 6.45) is 0. The van der Waals surface area contributed by atoms with Gasteiger partial charge in [-0.05, 0) is 32.9 Å². The molecule has 0 atom stereocenters. The van der Waals surface area contributed by atoms with Gasteiger partial charge < -0.3 is 5.73 Å². The number of benzene rings is 1. The highest BCUT2D eigenvalue weighted by molar-refractivity contribution is 5.98. The summed E-state index contributed by atoms with van der Waals surface area (Å²) in [6, 6.07) is 7.42. The molecule has 0 aliphatic heterocycles. The fourth-order valence-electron chi connectivity index (χ4n) is 1.43. The molecule has 5 heteroatoms. The van der Waals surface area contributed by atoms with Gasteiger partial charge in [0, 0.05) is 0 Å². The molecule has 0 amide bonds. The minimum atomic E-state index is -0.512. The van der Waals surface area contributed by atoms with Gasteiger partial charge in [-0.1, -0.05) is 17.7 Å². The molecule has 1 rings (SSSR count). The molecule has 0 spiro atoms. The molecule has 17 heavy (non-hydrogen) atoms. The van der Waals surface area contributed by atoms with E-state index in [1.54, 1.807) is 6.92 Å². The van der Waals surface area contributed by atoms with Crippen LogP contribution in [0.3, 0.4) is 0 Å². The molecule has 5 nitrogen and oxygen atoms in total. The van der Waals surface area contributed by atoms with Crippen LogP contribution in [0.15, 0.2) is 40.7 Å². The summed E-state index contributed by atoms with van der Waals surface area (Å²) < 4.78 is 0. The van der Waals surface area contributed by atoms with Crippen LogP contribution in [0.5, 0.6) is 0 Å². The van der Waals surface area contributed by atoms with Crippen molar-refractivity contribution in [1.82, 2.24) is 0 Å². The van der Waals surface area contributed by atoms with Gasteiger partial charge in [0.2, 0.25) is 0 Å². The van der Waals surface area contributed by atoms with E-state index in [1.807, 2.05) is 31.2 Å². The van der Waals surface area contributed by atoms with Gasteiger partial charge in [-0.15, -0.1) is 0 Å². The summed E-state index contributed by atoms with van der Waals surface area (Å²) >= 11 is 0. The van der Waals surface area contributed by atoms with Crippen LogP contribution in [0.2, 0.25) is 0 Å². The normalized spacial score (nSPS) is 13.2. The predicted octanol–water partition coefficient (Wildman–Crippen LogP) is 2.55. The summed E-state index contributed by atoms with van der Waals surface area (Å²) in [6.45, 7) is 5.04. The number of allylic oxidation sites excluding steroid dienone is 2. The van der Waals surface area contributed by atoms with Crippen LogP contribution in [-0.2, 0) is 0 Å². The number of nitrogens with zero attached hydrogens (tertiary/aromatic N) is 2. The fourth-order valence-corrected chi connectivity index (χ4v) is 1.43. The van der Waals surface area contributed by atoms with E-state index in [-0.39, 0.29) is 11.4 Å². The largest absolute Gasteiger partial charge is 0.397 e. The SMILES string of the molecule is CC(=Nc1ccc(C)cc1)C(=C(C)N)[N+](=O)[O-]. The summed E-state index contributed by atoms with van der Waals surface area (Å²) in [4.78, 5) is 14.5. The molecule has 0 aliphatic carbocycles. The van der Waals surface area contributed by atoms with Crippen LogP contribution in [0.1, 0.15) is 19.4 Å². The zero-order valence-electron chi connectivity index (χ0n) is 10.1. The maximum atomic E-state index is 10.8. The number of nitro groups is 1. The number of nitrogens with two attached hydrogens (primary N) is 1. The Bertz CT molecular complexity index is 483. The zero-order chi connectivity index (χ0) is 13.0. The Morgan fingerprint density at radius 2 is 1.82 bits per heavy atom. The van der Waals surface area contributed by atoms with Gasteiger partial charge in [0.15, 0.2) is 0 Å². The van der Waals surface area contributed by atoms with Crippen molar-refractivity contribution in [2.75, 3.05) is 0 Å². The van der Waals surface area contributed by atoms with Gasteiger partial charge >= 0.3 is 5.70 Å². The van der Waals surface area contributed by atoms with Crippen LogP contribution < -0.4 is 5.73 Å². The summed E-state index contributed by atoms with van der Waals surface area (Å²) in [5, 5.41) is 10.8. The van der Waals surface area contributed by atoms with E-state index in [2.05, 4.69) is 4.99 Å². The summed E-state index contributed by atoms with van der Waals surface area (Å²) in [5.41, 5.74) is 7.59. The maximum Gasteiger partial charge on any atom is 0.308 e. The lowest BCUT2D eigenvalue weighted by Crippen LogP contribution is -2.14. The van der Waals surface area contributed by atoms with Crippen molar-refractivity contribution in [3.8, 4) is 0 Å². The standard InChI is InChI=1S/C12H15N3O2/c1-8-4-6-11(7-5-8)14-10(3)12(9(2)13)15(16)17/h4-7H,13H2,1-3H3. The van der Waals surface area contributed by atoms with E-state index in [4.69, 9.17) is 5.73 Å². The Kier molecular flexibility index (Phi) is 3.98. The molecule has 0 heterocycles. The van der Waals surface area contributed by atoms with Crippen LogP contribution in [0.4, 0.5) is 5.69 Å². The second-order valence-electron chi connectivity index (χ2n) is 3.82. The summed E-state index contributed by atoms with van der Waals surface area (Å²) in [5.74, 6) is 0. The highest BCUT2D eigenvalue weighted by Crippen LogP contribution is 2.15. The van der Waals surface area contributed by atoms with Crippen molar-refractivity contribution >= 4 is 11.4 Å². The molecule has 0 unspecified atom stereocenters. The lowest BCUT2D eigenvalue weighted by molar-refractivity contribution is -0.416. The Morgan fingerprint density at radius 1 is 1.29 bits per heavy atom. The third-order valence-corrected chi connectivity index (χ3v) is 2.23. The van der Waals surface area contributed by atoms with Crippen molar-refractivity contribution in [2.45, 2.75) is 20.8 Å². The van der Waals surface area contributed by atoms with Crippen molar-refractivity contribution in [1.29, 1.82) is 0 Å². The molecule has 0 aromatic heterocycles. The van der Waals surface area contributed by atoms with Gasteiger partial charge in [0.25, 0.3) is 0 Å². The molecule has 0 saturated carbocycles. The lowest BCUT2D eigenvalue weighted by Gasteiger charge is -2.01. The van der Waals surface area contributed by atoms with E-state index < -0.39 is 4.92 Å². The third kappa shape index (κ3) is 3.41. The van der Waals surface area contributed by atoms with Gasteiger partial charge in [-0.3, -0.25) is 10.1 Å². The van der Waals surface area contributed by atoms with E-state index in [1.165, 1.54) is 6.92 Å². The first kappa shape index (κ1) is 12.9. The first-order valence-electron chi connectivity index (χ1n) is 5.15. The molecular formula is C12H15N3O2. The number of aryl methyl sites for hydroxylation is 1. The number of hydrogen-bond donors (Lipinski definition) is 1. The Hall–Kier alpha value is -2.17. The Labute approximate surface area is 99.8 Å². The smallest absolute Gasteiger partial charge is 0.308 e. The number of hydrogen-bond acceptors (Lipinski definition) is 4. The zero-order valence-corrected chi connectivity index (χ0v) is 10.1. The molecule has 0 radical (unpaired) electrons. The summed E-state index contributed by atoms with van der Waals surface area (Å²) in [7, 11) is 0. The average molecular weight is 233 g/mol. The van der Waals surface area contributed by atoms with Gasteiger partial charge in [-0.25, -0.2) is 4.99 Å². The second-order valence-corrected chi connectivity index (χ2v) is 3.82. The Morgan fingerprint density at radius 3 is 2.24 bits per heavy atom. The van der Waals surface area contributed by atoms with Gasteiger partial charge in [-0.2, -0.15) is 0 Å². The number of rotatable bonds is 3. The minimum Gasteiger partial charge on any atom is -0.397 e. The van der Waals surface area contributed by atoms with Gasteiger partial charge in [0.1, 0.15) is 5.71 Å². The number of aliphatic imine (C=N–C) groups is 1. The molecule has 0 saturated heterocycles. The van der Waals surface area contributed by atoms with Crippen molar-refractivity contribution < 1.29 is 4.92 Å². The molecule has 0 fully saturated rings. The molecular weight excluding hydrogens is 218 g/mol. The van der Waals surface area contributed by atoms with E-state index in [0.717, 1.165) is 5.56 Å².